The van der Waals surface area contributed by atoms with Gasteiger partial charge in [0.05, 0.1) is 11.6 Å². The van der Waals surface area contributed by atoms with Crippen molar-refractivity contribution < 1.29 is 14.8 Å². The SMILES string of the molecule is CC1CCN(CCCOc2ccc(B(O)O)cc2Cl)CC1. The van der Waals surface area contributed by atoms with Crippen molar-refractivity contribution >= 4 is 24.2 Å². The predicted octanol–water partition coefficient (Wildman–Crippen LogP) is 1.52. The van der Waals surface area contributed by atoms with Crippen molar-refractivity contribution in [2.75, 3.05) is 26.2 Å². The number of nitrogens with zero attached hydrogens (tertiary/aromatic N) is 1. The van der Waals surface area contributed by atoms with Crippen LogP contribution in [0.2, 0.25) is 5.02 Å². The third-order valence-electron chi connectivity index (χ3n) is 4.01. The highest BCUT2D eigenvalue weighted by Gasteiger charge is 2.15. The minimum atomic E-state index is -1.50. The van der Waals surface area contributed by atoms with Gasteiger partial charge in [-0.1, -0.05) is 24.6 Å². The zero-order chi connectivity index (χ0) is 15.2. The molecule has 0 aliphatic carbocycles. The van der Waals surface area contributed by atoms with Crippen molar-refractivity contribution in [3.63, 3.8) is 0 Å². The third-order valence-corrected chi connectivity index (χ3v) is 4.30. The van der Waals surface area contributed by atoms with Gasteiger partial charge in [0.15, 0.2) is 0 Å². The second-order valence-electron chi connectivity index (χ2n) is 5.79. The number of hydrogen-bond acceptors (Lipinski definition) is 4. The largest absolute Gasteiger partial charge is 0.492 e. The van der Waals surface area contributed by atoms with Crippen molar-refractivity contribution in [3.8, 4) is 5.75 Å². The van der Waals surface area contributed by atoms with Crippen LogP contribution in [0.15, 0.2) is 18.2 Å². The summed E-state index contributed by atoms with van der Waals surface area (Å²) < 4.78 is 5.66. The zero-order valence-electron chi connectivity index (χ0n) is 12.5. The van der Waals surface area contributed by atoms with Crippen molar-refractivity contribution in [1.82, 2.24) is 4.90 Å². The maximum absolute atomic E-state index is 9.07. The standard InChI is InChI=1S/C15H23BClNO3/c1-12-5-8-18(9-6-12)7-2-10-21-15-4-3-13(16(19)20)11-14(15)17/h3-4,11-12,19-20H,2,5-10H2,1H3. The van der Waals surface area contributed by atoms with Crippen molar-refractivity contribution in [1.29, 1.82) is 0 Å². The first-order valence-corrected chi connectivity index (χ1v) is 7.95. The molecule has 2 N–H and O–H groups in total. The van der Waals surface area contributed by atoms with Crippen LogP contribution in [-0.4, -0.2) is 48.3 Å². The fourth-order valence-corrected chi connectivity index (χ4v) is 2.79. The van der Waals surface area contributed by atoms with Crippen LogP contribution < -0.4 is 10.2 Å². The summed E-state index contributed by atoms with van der Waals surface area (Å²) in [6, 6.07) is 4.81. The molecule has 6 heteroatoms. The van der Waals surface area contributed by atoms with E-state index in [4.69, 9.17) is 26.4 Å². The molecule has 1 fully saturated rings. The Kier molecular flexibility index (Phi) is 6.36. The van der Waals surface area contributed by atoms with Gasteiger partial charge in [0.25, 0.3) is 0 Å². The van der Waals surface area contributed by atoms with Gasteiger partial charge in [-0.25, -0.2) is 0 Å². The maximum Gasteiger partial charge on any atom is 0.488 e. The predicted molar refractivity (Wildman–Crippen MR) is 86.2 cm³/mol. The Bertz CT molecular complexity index is 451. The van der Waals surface area contributed by atoms with Gasteiger partial charge in [0.1, 0.15) is 5.75 Å². The lowest BCUT2D eigenvalue weighted by atomic mass is 9.80. The molecule has 1 aliphatic rings. The van der Waals surface area contributed by atoms with Crippen LogP contribution in [0.3, 0.4) is 0 Å². The summed E-state index contributed by atoms with van der Waals surface area (Å²) in [6.45, 7) is 6.36. The lowest BCUT2D eigenvalue weighted by Crippen LogP contribution is -2.34. The van der Waals surface area contributed by atoms with Crippen LogP contribution in [-0.2, 0) is 0 Å². The van der Waals surface area contributed by atoms with Gasteiger partial charge in [0, 0.05) is 6.54 Å². The quantitative estimate of drug-likeness (QED) is 0.618. The Morgan fingerprint density at radius 3 is 2.67 bits per heavy atom. The third kappa shape index (κ3) is 5.18. The van der Waals surface area contributed by atoms with Gasteiger partial charge < -0.3 is 19.7 Å². The Morgan fingerprint density at radius 2 is 2.05 bits per heavy atom. The van der Waals surface area contributed by atoms with E-state index in [2.05, 4.69) is 11.8 Å². The first kappa shape index (κ1) is 16.6. The van der Waals surface area contributed by atoms with Gasteiger partial charge in [-0.15, -0.1) is 0 Å². The molecule has 1 aromatic rings. The molecule has 0 radical (unpaired) electrons. The molecule has 116 valence electrons. The van der Waals surface area contributed by atoms with E-state index in [1.807, 2.05) is 0 Å². The fraction of sp³-hybridized carbons (Fsp3) is 0.600. The highest BCUT2D eigenvalue weighted by Crippen LogP contribution is 2.23. The molecule has 0 atom stereocenters. The molecule has 4 nitrogen and oxygen atoms in total. The van der Waals surface area contributed by atoms with E-state index in [0.29, 0.717) is 22.8 Å². The monoisotopic (exact) mass is 311 g/mol. The molecule has 1 saturated heterocycles. The molecular formula is C15H23BClNO3. The van der Waals surface area contributed by atoms with E-state index in [9.17, 15) is 0 Å². The highest BCUT2D eigenvalue weighted by atomic mass is 35.5. The second kappa shape index (κ2) is 8.04. The topological polar surface area (TPSA) is 52.9 Å². The molecule has 0 bridgehead atoms. The molecule has 0 unspecified atom stereocenters. The van der Waals surface area contributed by atoms with Gasteiger partial charge in [-0.3, -0.25) is 0 Å². The van der Waals surface area contributed by atoms with Crippen LogP contribution in [0, 0.1) is 5.92 Å². The van der Waals surface area contributed by atoms with E-state index in [1.54, 1.807) is 12.1 Å². The molecule has 0 spiro atoms. The van der Waals surface area contributed by atoms with Crippen molar-refractivity contribution in [2.45, 2.75) is 26.2 Å². The first-order chi connectivity index (χ1) is 10.1. The van der Waals surface area contributed by atoms with E-state index in [1.165, 1.54) is 32.0 Å². The van der Waals surface area contributed by atoms with Crippen LogP contribution in [0.25, 0.3) is 0 Å². The summed E-state index contributed by atoms with van der Waals surface area (Å²) in [4.78, 5) is 2.48. The van der Waals surface area contributed by atoms with Crippen LogP contribution >= 0.6 is 11.6 Å². The molecule has 1 aliphatic heterocycles. The Balaban J connectivity index is 1.71. The number of hydrogen-bond donors (Lipinski definition) is 2. The summed E-state index contributed by atoms with van der Waals surface area (Å²) in [5.74, 6) is 1.45. The molecule has 2 rings (SSSR count). The summed E-state index contributed by atoms with van der Waals surface area (Å²) in [6.07, 6.45) is 3.55. The van der Waals surface area contributed by atoms with Gasteiger partial charge in [-0.2, -0.15) is 0 Å². The lowest BCUT2D eigenvalue weighted by molar-refractivity contribution is 0.177. The van der Waals surface area contributed by atoms with Crippen LogP contribution in [0.4, 0.5) is 0 Å². The van der Waals surface area contributed by atoms with Crippen molar-refractivity contribution in [2.24, 2.45) is 5.92 Å². The molecule has 1 heterocycles. The molecule has 0 aromatic heterocycles. The molecule has 0 saturated carbocycles. The number of halogens is 1. The Labute approximate surface area is 131 Å². The minimum absolute atomic E-state index is 0.370. The Morgan fingerprint density at radius 1 is 1.33 bits per heavy atom. The van der Waals surface area contributed by atoms with E-state index in [-0.39, 0.29) is 0 Å². The van der Waals surface area contributed by atoms with E-state index >= 15 is 0 Å². The summed E-state index contributed by atoms with van der Waals surface area (Å²) in [5, 5.41) is 18.5. The fourth-order valence-electron chi connectivity index (χ4n) is 2.55. The Hall–Kier alpha value is -0.745. The number of rotatable bonds is 6. The van der Waals surface area contributed by atoms with Crippen LogP contribution in [0.5, 0.6) is 5.75 Å². The van der Waals surface area contributed by atoms with Gasteiger partial charge in [-0.05, 0) is 55.9 Å². The average molecular weight is 312 g/mol. The highest BCUT2D eigenvalue weighted by molar-refractivity contribution is 6.59. The number of likely N-dealkylation sites (tertiary alicyclic amines) is 1. The minimum Gasteiger partial charge on any atom is -0.492 e. The molecular weight excluding hydrogens is 288 g/mol. The second-order valence-corrected chi connectivity index (χ2v) is 6.20. The summed E-state index contributed by atoms with van der Waals surface area (Å²) >= 11 is 6.06. The van der Waals surface area contributed by atoms with Crippen LogP contribution in [0.1, 0.15) is 26.2 Å². The first-order valence-electron chi connectivity index (χ1n) is 7.57. The van der Waals surface area contributed by atoms with Gasteiger partial charge >= 0.3 is 7.12 Å². The lowest BCUT2D eigenvalue weighted by Gasteiger charge is -2.30. The molecule has 0 amide bonds. The summed E-state index contributed by atoms with van der Waals surface area (Å²) in [7, 11) is -1.50. The average Bonchev–Trinajstić information content (AvgIpc) is 2.46. The summed E-state index contributed by atoms with van der Waals surface area (Å²) in [5.41, 5.74) is 0.370. The zero-order valence-corrected chi connectivity index (χ0v) is 13.2. The van der Waals surface area contributed by atoms with Crippen molar-refractivity contribution in [3.05, 3.63) is 23.2 Å². The van der Waals surface area contributed by atoms with Gasteiger partial charge in [0.2, 0.25) is 0 Å². The number of benzene rings is 1. The van der Waals surface area contributed by atoms with E-state index < -0.39 is 7.12 Å². The molecule has 21 heavy (non-hydrogen) atoms. The number of ether oxygens (including phenoxy) is 1. The molecule has 1 aromatic carbocycles. The normalized spacial score (nSPS) is 17.0. The number of piperidine rings is 1. The van der Waals surface area contributed by atoms with E-state index in [0.717, 1.165) is 18.9 Å². The maximum atomic E-state index is 9.07. The smallest absolute Gasteiger partial charge is 0.488 e.